The number of hydrogen-bond acceptors (Lipinski definition) is 2. The van der Waals surface area contributed by atoms with E-state index < -0.39 is 12.7 Å². The summed E-state index contributed by atoms with van der Waals surface area (Å²) in [5.41, 5.74) is 0. The van der Waals surface area contributed by atoms with E-state index in [-0.39, 0.29) is 6.54 Å². The zero-order valence-electron chi connectivity index (χ0n) is 8.05. The summed E-state index contributed by atoms with van der Waals surface area (Å²) in [5, 5.41) is 0. The first-order valence-electron chi connectivity index (χ1n) is 4.36. The molecule has 1 heterocycles. The average Bonchev–Trinajstić information content (AvgIpc) is 2.14. The Labute approximate surface area is 94.2 Å². The number of alkyl halides is 3. The predicted octanol–water partition coefficient (Wildman–Crippen LogP) is 3.23. The average molecular weight is 283 g/mol. The van der Waals surface area contributed by atoms with Crippen LogP contribution in [0.1, 0.15) is 6.92 Å². The Balaban J connectivity index is 2.88. The maximum absolute atomic E-state index is 12.2. The molecular formula is C9H10BrF3N2. The molecule has 0 spiro atoms. The van der Waals surface area contributed by atoms with Gasteiger partial charge in [0.2, 0.25) is 0 Å². The lowest BCUT2D eigenvalue weighted by molar-refractivity contribution is -0.119. The fourth-order valence-electron chi connectivity index (χ4n) is 1.16. The standard InChI is InChI=1S/C9H10BrF3N2/c1-2-15(6-9(11,12)13)8-7(10)4-3-5-14-8/h3-5H,2,6H2,1H3. The van der Waals surface area contributed by atoms with Gasteiger partial charge in [-0.15, -0.1) is 0 Å². The molecule has 0 bridgehead atoms. The normalized spacial score (nSPS) is 11.5. The van der Waals surface area contributed by atoms with E-state index in [0.717, 1.165) is 0 Å². The highest BCUT2D eigenvalue weighted by Gasteiger charge is 2.31. The highest BCUT2D eigenvalue weighted by Crippen LogP contribution is 2.26. The number of aromatic nitrogens is 1. The van der Waals surface area contributed by atoms with Crippen molar-refractivity contribution in [2.75, 3.05) is 18.0 Å². The molecular weight excluding hydrogens is 273 g/mol. The second-order valence-electron chi connectivity index (χ2n) is 2.94. The Bertz CT molecular complexity index is 327. The smallest absolute Gasteiger partial charge is 0.347 e. The molecule has 0 radical (unpaired) electrons. The summed E-state index contributed by atoms with van der Waals surface area (Å²) in [6.07, 6.45) is -2.74. The maximum Gasteiger partial charge on any atom is 0.405 e. The summed E-state index contributed by atoms with van der Waals surface area (Å²) >= 11 is 3.17. The van der Waals surface area contributed by atoms with Crippen molar-refractivity contribution in [1.82, 2.24) is 4.98 Å². The van der Waals surface area contributed by atoms with E-state index >= 15 is 0 Å². The summed E-state index contributed by atoms with van der Waals surface area (Å²) in [4.78, 5) is 5.08. The zero-order valence-corrected chi connectivity index (χ0v) is 9.64. The Morgan fingerprint density at radius 2 is 2.13 bits per heavy atom. The van der Waals surface area contributed by atoms with Gasteiger partial charge in [-0.05, 0) is 35.0 Å². The molecule has 1 rings (SSSR count). The van der Waals surface area contributed by atoms with Crippen molar-refractivity contribution in [2.24, 2.45) is 0 Å². The number of halogens is 4. The Morgan fingerprint density at radius 3 is 2.60 bits per heavy atom. The van der Waals surface area contributed by atoms with Gasteiger partial charge in [0.05, 0.1) is 4.47 Å². The van der Waals surface area contributed by atoms with Crippen molar-refractivity contribution in [3.05, 3.63) is 22.8 Å². The molecule has 15 heavy (non-hydrogen) atoms. The van der Waals surface area contributed by atoms with Crippen LogP contribution in [-0.2, 0) is 0 Å². The van der Waals surface area contributed by atoms with E-state index in [1.165, 1.54) is 11.1 Å². The minimum atomic E-state index is -4.22. The predicted molar refractivity (Wildman–Crippen MR) is 55.9 cm³/mol. The third-order valence-corrected chi connectivity index (χ3v) is 2.41. The molecule has 1 aromatic heterocycles. The molecule has 0 aromatic carbocycles. The fourth-order valence-corrected chi connectivity index (χ4v) is 1.67. The molecule has 0 saturated heterocycles. The van der Waals surface area contributed by atoms with Gasteiger partial charge < -0.3 is 4.90 Å². The molecule has 1 aromatic rings. The highest BCUT2D eigenvalue weighted by atomic mass is 79.9. The van der Waals surface area contributed by atoms with Crippen LogP contribution in [0.3, 0.4) is 0 Å². The first-order valence-corrected chi connectivity index (χ1v) is 5.15. The van der Waals surface area contributed by atoms with Gasteiger partial charge >= 0.3 is 6.18 Å². The lowest BCUT2D eigenvalue weighted by Gasteiger charge is -2.23. The first kappa shape index (κ1) is 12.3. The van der Waals surface area contributed by atoms with Crippen molar-refractivity contribution >= 4 is 21.7 Å². The van der Waals surface area contributed by atoms with Crippen molar-refractivity contribution in [1.29, 1.82) is 0 Å². The van der Waals surface area contributed by atoms with Crippen molar-refractivity contribution in [2.45, 2.75) is 13.1 Å². The Morgan fingerprint density at radius 1 is 1.47 bits per heavy atom. The maximum atomic E-state index is 12.2. The third kappa shape index (κ3) is 3.70. The second-order valence-corrected chi connectivity index (χ2v) is 3.79. The van der Waals surface area contributed by atoms with Crippen LogP contribution in [0.15, 0.2) is 22.8 Å². The van der Waals surface area contributed by atoms with Crippen LogP contribution in [-0.4, -0.2) is 24.2 Å². The van der Waals surface area contributed by atoms with E-state index in [1.807, 2.05) is 0 Å². The van der Waals surface area contributed by atoms with Gasteiger partial charge in [0.15, 0.2) is 0 Å². The van der Waals surface area contributed by atoms with Gasteiger partial charge in [-0.3, -0.25) is 0 Å². The molecule has 0 atom stereocenters. The minimum absolute atomic E-state index is 0.259. The van der Waals surface area contributed by atoms with E-state index in [4.69, 9.17) is 0 Å². The van der Waals surface area contributed by atoms with E-state index in [1.54, 1.807) is 19.1 Å². The van der Waals surface area contributed by atoms with Crippen molar-refractivity contribution < 1.29 is 13.2 Å². The fraction of sp³-hybridized carbons (Fsp3) is 0.444. The zero-order chi connectivity index (χ0) is 11.5. The molecule has 0 aliphatic heterocycles. The monoisotopic (exact) mass is 282 g/mol. The van der Waals surface area contributed by atoms with Crippen LogP contribution in [0.25, 0.3) is 0 Å². The molecule has 0 amide bonds. The van der Waals surface area contributed by atoms with E-state index in [9.17, 15) is 13.2 Å². The summed E-state index contributed by atoms with van der Waals surface area (Å²) in [5.74, 6) is 0.317. The van der Waals surface area contributed by atoms with Crippen LogP contribution < -0.4 is 4.90 Å². The lowest BCUT2D eigenvalue weighted by Crippen LogP contribution is -2.34. The molecule has 0 N–H and O–H groups in total. The van der Waals surface area contributed by atoms with E-state index in [0.29, 0.717) is 10.3 Å². The molecule has 6 heteroatoms. The van der Waals surface area contributed by atoms with Gasteiger partial charge in [-0.2, -0.15) is 13.2 Å². The number of rotatable bonds is 3. The van der Waals surface area contributed by atoms with Crippen LogP contribution >= 0.6 is 15.9 Å². The molecule has 2 nitrogen and oxygen atoms in total. The van der Waals surface area contributed by atoms with Gasteiger partial charge in [-0.1, -0.05) is 0 Å². The van der Waals surface area contributed by atoms with Gasteiger partial charge in [0.25, 0.3) is 0 Å². The minimum Gasteiger partial charge on any atom is -0.347 e. The van der Waals surface area contributed by atoms with Crippen LogP contribution in [0.2, 0.25) is 0 Å². The van der Waals surface area contributed by atoms with E-state index in [2.05, 4.69) is 20.9 Å². The van der Waals surface area contributed by atoms with Crippen LogP contribution in [0.4, 0.5) is 19.0 Å². The summed E-state index contributed by atoms with van der Waals surface area (Å²) in [6.45, 7) is 0.932. The summed E-state index contributed by atoms with van der Waals surface area (Å²) in [6, 6.07) is 3.33. The SMILES string of the molecule is CCN(CC(F)(F)F)c1ncccc1Br. The molecule has 0 unspecified atom stereocenters. The summed E-state index contributed by atoms with van der Waals surface area (Å²) < 4.78 is 37.2. The quantitative estimate of drug-likeness (QED) is 0.846. The molecule has 0 saturated carbocycles. The Kier molecular flexibility index (Phi) is 3.96. The molecule has 84 valence electrons. The summed E-state index contributed by atoms with van der Waals surface area (Å²) in [7, 11) is 0. The number of hydrogen-bond donors (Lipinski definition) is 0. The van der Waals surface area contributed by atoms with Gasteiger partial charge in [0, 0.05) is 12.7 Å². The number of anilines is 1. The Hall–Kier alpha value is -0.780. The van der Waals surface area contributed by atoms with Crippen LogP contribution in [0, 0.1) is 0 Å². The molecule has 0 aliphatic carbocycles. The molecule has 0 fully saturated rings. The van der Waals surface area contributed by atoms with Crippen molar-refractivity contribution in [3.8, 4) is 0 Å². The second kappa shape index (κ2) is 4.83. The molecule has 0 aliphatic rings. The van der Waals surface area contributed by atoms with Gasteiger partial charge in [-0.25, -0.2) is 4.98 Å². The highest BCUT2D eigenvalue weighted by molar-refractivity contribution is 9.10. The van der Waals surface area contributed by atoms with Gasteiger partial charge in [0.1, 0.15) is 12.4 Å². The third-order valence-electron chi connectivity index (χ3n) is 1.79. The lowest BCUT2D eigenvalue weighted by atomic mass is 10.4. The topological polar surface area (TPSA) is 16.1 Å². The van der Waals surface area contributed by atoms with Crippen molar-refractivity contribution in [3.63, 3.8) is 0 Å². The number of pyridine rings is 1. The van der Waals surface area contributed by atoms with Crippen LogP contribution in [0.5, 0.6) is 0 Å². The number of nitrogens with zero attached hydrogens (tertiary/aromatic N) is 2. The first-order chi connectivity index (χ1) is 6.94. The largest absolute Gasteiger partial charge is 0.405 e.